The molecule has 32 heavy (non-hydrogen) atoms. The predicted molar refractivity (Wildman–Crippen MR) is 125 cm³/mol. The highest BCUT2D eigenvalue weighted by atomic mass is 28.4. The number of hydrogen-bond acceptors (Lipinski definition) is 5. The van der Waals surface area contributed by atoms with Gasteiger partial charge in [0.25, 0.3) is 0 Å². The van der Waals surface area contributed by atoms with E-state index in [1.165, 1.54) is 19.3 Å². The molecule has 0 aromatic rings. The maximum Gasteiger partial charge on any atom is 0.500 e. The van der Waals surface area contributed by atoms with Gasteiger partial charge in [-0.25, -0.2) is 6.57 Å². The van der Waals surface area contributed by atoms with Gasteiger partial charge in [-0.05, 0) is 83.1 Å². The maximum absolute atomic E-state index is 12.3. The van der Waals surface area contributed by atoms with Crippen LogP contribution in [0, 0.1) is 36.2 Å². The number of rotatable bonds is 11. The van der Waals surface area contributed by atoms with Crippen LogP contribution in [-0.2, 0) is 18.1 Å². The summed E-state index contributed by atoms with van der Waals surface area (Å²) in [6, 6.07) is 1.19. The van der Waals surface area contributed by atoms with Crippen molar-refractivity contribution >= 4 is 14.7 Å². The lowest BCUT2D eigenvalue weighted by molar-refractivity contribution is -0.120. The first-order chi connectivity index (χ1) is 15.6. The molecular weight excluding hydrogens is 422 g/mol. The molecule has 1 amide bonds. The quantitative estimate of drug-likeness (QED) is 0.280. The van der Waals surface area contributed by atoms with Gasteiger partial charge in [-0.1, -0.05) is 6.42 Å². The van der Waals surface area contributed by atoms with Crippen LogP contribution in [0.1, 0.15) is 59.3 Å². The monoisotopic (exact) mass is 463 g/mol. The first-order valence-electron chi connectivity index (χ1n) is 12.9. The average Bonchev–Trinajstić information content (AvgIpc) is 3.27. The van der Waals surface area contributed by atoms with Crippen molar-refractivity contribution in [3.8, 4) is 0 Å². The molecule has 4 fully saturated rings. The molecule has 7 nitrogen and oxygen atoms in total. The lowest BCUT2D eigenvalue weighted by atomic mass is 9.61. The Kier molecular flexibility index (Phi) is 7.94. The maximum atomic E-state index is 12.3. The zero-order chi connectivity index (χ0) is 22.7. The zero-order valence-corrected chi connectivity index (χ0v) is 21.0. The summed E-state index contributed by atoms with van der Waals surface area (Å²) >= 11 is 0. The van der Waals surface area contributed by atoms with E-state index in [-0.39, 0.29) is 17.9 Å². The fraction of sp³-hybridized carbons (Fsp3) is 0.917. The summed E-state index contributed by atoms with van der Waals surface area (Å²) in [4.78, 5) is 16.1. The van der Waals surface area contributed by atoms with E-state index in [0.717, 1.165) is 31.9 Å². The van der Waals surface area contributed by atoms with E-state index >= 15 is 0 Å². The van der Waals surface area contributed by atoms with E-state index in [2.05, 4.69) is 15.5 Å². The van der Waals surface area contributed by atoms with Crippen LogP contribution in [0.4, 0.5) is 0 Å². The first-order valence-corrected chi connectivity index (χ1v) is 14.8. The SMILES string of the molecule is [C-]#[N+]C1C(=O)NC2C3CCCC4C(NCCC[Si](OCC)(OCC)OCC)CCC(C43)C12. The van der Waals surface area contributed by atoms with E-state index in [1.54, 1.807) is 0 Å². The number of nitrogens with one attached hydrogen (secondary N) is 2. The molecular formula is C24H41N3O4Si. The minimum absolute atomic E-state index is 0.0126. The second kappa shape index (κ2) is 10.5. The third kappa shape index (κ3) is 4.39. The molecule has 3 aliphatic carbocycles. The number of nitrogens with zero attached hydrogens (tertiary/aromatic N) is 1. The van der Waals surface area contributed by atoms with E-state index < -0.39 is 14.8 Å². The summed E-state index contributed by atoms with van der Waals surface area (Å²) in [5, 5.41) is 7.13. The Labute approximate surface area is 194 Å². The fourth-order valence-corrected chi connectivity index (χ4v) is 10.3. The van der Waals surface area contributed by atoms with Crippen LogP contribution in [-0.4, -0.2) is 59.2 Å². The minimum atomic E-state index is -2.57. The molecule has 1 aliphatic heterocycles. The molecule has 4 aliphatic rings. The van der Waals surface area contributed by atoms with Crippen molar-refractivity contribution in [3.05, 3.63) is 11.4 Å². The van der Waals surface area contributed by atoms with E-state index in [4.69, 9.17) is 19.9 Å². The number of carbonyl (C=O) groups excluding carboxylic acids is 1. The molecule has 4 rings (SSSR count). The average molecular weight is 464 g/mol. The summed E-state index contributed by atoms with van der Waals surface area (Å²) in [5.74, 6) is 2.68. The number of hydrogen-bond donors (Lipinski definition) is 2. The summed E-state index contributed by atoms with van der Waals surface area (Å²) in [6.07, 6.45) is 7.03. The van der Waals surface area contributed by atoms with Crippen LogP contribution in [0.25, 0.3) is 4.85 Å². The predicted octanol–water partition coefficient (Wildman–Crippen LogP) is 3.24. The van der Waals surface area contributed by atoms with Crippen molar-refractivity contribution in [1.29, 1.82) is 0 Å². The Balaban J connectivity index is 1.35. The summed E-state index contributed by atoms with van der Waals surface area (Å²) in [5.41, 5.74) is 0. The van der Waals surface area contributed by atoms with E-state index in [9.17, 15) is 4.79 Å². The van der Waals surface area contributed by atoms with Crippen LogP contribution in [0.15, 0.2) is 0 Å². The van der Waals surface area contributed by atoms with Gasteiger partial charge in [0.05, 0.1) is 5.92 Å². The van der Waals surface area contributed by atoms with Crippen LogP contribution >= 0.6 is 0 Å². The van der Waals surface area contributed by atoms with Crippen molar-refractivity contribution < 1.29 is 18.1 Å². The second-order valence-electron chi connectivity index (χ2n) is 9.91. The molecule has 0 spiro atoms. The van der Waals surface area contributed by atoms with Crippen molar-refractivity contribution in [3.63, 3.8) is 0 Å². The van der Waals surface area contributed by atoms with Crippen molar-refractivity contribution in [2.75, 3.05) is 26.4 Å². The molecule has 0 radical (unpaired) electrons. The molecule has 3 saturated carbocycles. The Morgan fingerprint density at radius 3 is 2.34 bits per heavy atom. The number of amides is 1. The van der Waals surface area contributed by atoms with Gasteiger partial charge in [0.1, 0.15) is 0 Å². The molecule has 2 N–H and O–H groups in total. The summed E-state index contributed by atoms with van der Waals surface area (Å²) < 4.78 is 18.0. The standard InChI is InChI=1S/C24H41N3O4Si/c1-5-29-32(30-6-2,31-7-3)15-9-14-26-19-13-12-17-20-16(19)10-8-11-18(20)22-21(17)23(25-4)24(28)27-22/h16-23,26H,5-15H2,1-3H3,(H,27,28). The van der Waals surface area contributed by atoms with Gasteiger partial charge >= 0.3 is 20.8 Å². The minimum Gasteiger partial charge on any atom is -0.374 e. The largest absolute Gasteiger partial charge is 0.500 e. The van der Waals surface area contributed by atoms with E-state index in [0.29, 0.717) is 49.5 Å². The summed E-state index contributed by atoms with van der Waals surface area (Å²) in [7, 11) is -2.57. The summed E-state index contributed by atoms with van der Waals surface area (Å²) in [6.45, 7) is 16.4. The Morgan fingerprint density at radius 2 is 1.69 bits per heavy atom. The molecule has 1 heterocycles. The van der Waals surface area contributed by atoms with Crippen LogP contribution in [0.2, 0.25) is 6.04 Å². The zero-order valence-electron chi connectivity index (χ0n) is 20.0. The second-order valence-corrected chi connectivity index (χ2v) is 12.6. The van der Waals surface area contributed by atoms with Crippen molar-refractivity contribution in [2.24, 2.45) is 29.6 Å². The Hall–Kier alpha value is -0.983. The fourth-order valence-electron chi connectivity index (χ4n) is 7.64. The first kappa shape index (κ1) is 24.2. The lowest BCUT2D eigenvalue weighted by Crippen LogP contribution is -2.50. The third-order valence-electron chi connectivity index (χ3n) is 8.50. The van der Waals surface area contributed by atoms with Crippen LogP contribution < -0.4 is 10.6 Å². The van der Waals surface area contributed by atoms with Crippen LogP contribution in [0.5, 0.6) is 0 Å². The Bertz CT molecular complexity index is 684. The molecule has 8 heteroatoms. The van der Waals surface area contributed by atoms with Crippen molar-refractivity contribution in [2.45, 2.75) is 83.5 Å². The van der Waals surface area contributed by atoms with Gasteiger partial charge < -0.3 is 28.8 Å². The highest BCUT2D eigenvalue weighted by Crippen LogP contribution is 2.59. The highest BCUT2D eigenvalue weighted by Gasteiger charge is 2.65. The number of fused-ring (bicyclic) bond motifs is 3. The van der Waals surface area contributed by atoms with Crippen LogP contribution in [0.3, 0.4) is 0 Å². The van der Waals surface area contributed by atoms with E-state index in [1.807, 2.05) is 20.8 Å². The molecule has 0 aromatic heterocycles. The van der Waals surface area contributed by atoms with Gasteiger partial charge in [-0.3, -0.25) is 4.79 Å². The van der Waals surface area contributed by atoms with Gasteiger partial charge in [0.15, 0.2) is 0 Å². The molecule has 8 unspecified atom stereocenters. The molecule has 0 bridgehead atoms. The van der Waals surface area contributed by atoms with Gasteiger partial charge in [-0.15, -0.1) is 0 Å². The Morgan fingerprint density at radius 1 is 1.00 bits per heavy atom. The topological polar surface area (TPSA) is 73.2 Å². The smallest absolute Gasteiger partial charge is 0.374 e. The molecule has 1 saturated heterocycles. The van der Waals surface area contributed by atoms with Gasteiger partial charge in [-0.2, -0.15) is 0 Å². The normalized spacial score (nSPS) is 38.1. The molecule has 180 valence electrons. The third-order valence-corrected chi connectivity index (χ3v) is 11.6. The molecule has 0 aromatic carbocycles. The van der Waals surface area contributed by atoms with Crippen molar-refractivity contribution in [1.82, 2.24) is 10.6 Å². The molecule has 8 atom stereocenters. The van der Waals surface area contributed by atoms with Gasteiger partial charge in [0, 0.05) is 37.9 Å². The highest BCUT2D eigenvalue weighted by molar-refractivity contribution is 6.60. The number of carbonyl (C=O) groups is 1. The lowest BCUT2D eigenvalue weighted by Gasteiger charge is -2.47. The van der Waals surface area contributed by atoms with Gasteiger partial charge in [0.2, 0.25) is 0 Å².